The number of hydrogen-bond donors (Lipinski definition) is 0. The number of rotatable bonds is 3. The molecule has 4 nitrogen and oxygen atoms in total. The Balaban J connectivity index is 2.82. The van der Waals surface area contributed by atoms with Crippen LogP contribution in [0.5, 0.6) is 0 Å². The molecule has 0 aromatic carbocycles. The van der Waals surface area contributed by atoms with E-state index in [4.69, 9.17) is 22.9 Å². The third-order valence-corrected chi connectivity index (χ3v) is 1.79. The summed E-state index contributed by atoms with van der Waals surface area (Å²) in [7, 11) is 0. The summed E-state index contributed by atoms with van der Waals surface area (Å²) in [5, 5.41) is 0.398. The van der Waals surface area contributed by atoms with Gasteiger partial charge in [0.15, 0.2) is 0 Å². The molecule has 0 N–H and O–H groups in total. The number of pyridine rings is 1. The summed E-state index contributed by atoms with van der Waals surface area (Å²) in [6.45, 7) is 8.85. The Morgan fingerprint density at radius 2 is 2.40 bits per heavy atom. The van der Waals surface area contributed by atoms with Gasteiger partial charge in [-0.25, -0.2) is 0 Å². The van der Waals surface area contributed by atoms with E-state index in [2.05, 4.69) is 9.83 Å². The summed E-state index contributed by atoms with van der Waals surface area (Å²) in [4.78, 5) is 18.2. The van der Waals surface area contributed by atoms with E-state index in [1.165, 1.54) is 6.07 Å². The molecular weight excluding hydrogens is 216 g/mol. The molecule has 0 aliphatic rings. The Kier molecular flexibility index (Phi) is 4.07. The molecule has 1 heterocycles. The third-order valence-electron chi connectivity index (χ3n) is 1.57. The summed E-state index contributed by atoms with van der Waals surface area (Å²) in [5.74, 6) is -0.190. The predicted molar refractivity (Wildman–Crippen MR) is 55.8 cm³/mol. The SMILES string of the molecule is [C-]#[N+]c1cc(Cl)cc(CC(=O)OCC)n1. The first-order chi connectivity index (χ1) is 7.15. The minimum absolute atomic E-state index is 0.0386. The molecule has 0 spiro atoms. The fourth-order valence-electron chi connectivity index (χ4n) is 1.04. The van der Waals surface area contributed by atoms with Gasteiger partial charge in [0.2, 0.25) is 0 Å². The minimum Gasteiger partial charge on any atom is -0.466 e. The molecular formula is C10H9ClN2O2. The highest BCUT2D eigenvalue weighted by molar-refractivity contribution is 6.30. The van der Waals surface area contributed by atoms with Gasteiger partial charge in [-0.3, -0.25) is 4.79 Å². The quantitative estimate of drug-likeness (QED) is 0.585. The van der Waals surface area contributed by atoms with Crippen molar-refractivity contribution in [2.75, 3.05) is 6.61 Å². The van der Waals surface area contributed by atoms with E-state index in [1.54, 1.807) is 13.0 Å². The number of aromatic nitrogens is 1. The Labute approximate surface area is 92.7 Å². The van der Waals surface area contributed by atoms with E-state index in [0.717, 1.165) is 0 Å². The summed E-state index contributed by atoms with van der Waals surface area (Å²) in [6.07, 6.45) is 0.0386. The van der Waals surface area contributed by atoms with Gasteiger partial charge < -0.3 is 9.58 Å². The van der Waals surface area contributed by atoms with Gasteiger partial charge in [-0.15, -0.1) is 4.98 Å². The van der Waals surface area contributed by atoms with Gasteiger partial charge in [-0.1, -0.05) is 18.2 Å². The summed E-state index contributed by atoms with van der Waals surface area (Å²) < 4.78 is 4.76. The van der Waals surface area contributed by atoms with Gasteiger partial charge >= 0.3 is 5.97 Å². The van der Waals surface area contributed by atoms with Crippen molar-refractivity contribution in [1.82, 2.24) is 4.98 Å². The van der Waals surface area contributed by atoms with Crippen molar-refractivity contribution in [1.29, 1.82) is 0 Å². The van der Waals surface area contributed by atoms with Crippen LogP contribution in [0.15, 0.2) is 12.1 Å². The molecule has 0 aliphatic carbocycles. The van der Waals surface area contributed by atoms with Crippen molar-refractivity contribution < 1.29 is 9.53 Å². The van der Waals surface area contributed by atoms with Crippen LogP contribution in [0.2, 0.25) is 5.02 Å². The molecule has 5 heteroatoms. The normalized spacial score (nSPS) is 9.40. The van der Waals surface area contributed by atoms with Gasteiger partial charge in [-0.05, 0) is 13.0 Å². The molecule has 0 atom stereocenters. The summed E-state index contributed by atoms with van der Waals surface area (Å²) >= 11 is 5.75. The molecule has 78 valence electrons. The largest absolute Gasteiger partial charge is 0.466 e. The van der Waals surface area contributed by atoms with E-state index in [0.29, 0.717) is 17.3 Å². The molecule has 0 amide bonds. The fraction of sp³-hybridized carbons (Fsp3) is 0.300. The van der Waals surface area contributed by atoms with E-state index < -0.39 is 0 Å². The molecule has 1 aromatic heterocycles. The first kappa shape index (κ1) is 11.5. The van der Waals surface area contributed by atoms with Gasteiger partial charge in [0, 0.05) is 11.1 Å². The molecule has 0 fully saturated rings. The molecule has 0 saturated heterocycles. The van der Waals surface area contributed by atoms with Crippen LogP contribution in [0.4, 0.5) is 5.82 Å². The number of esters is 1. The molecule has 0 radical (unpaired) electrons. The molecule has 0 saturated carbocycles. The lowest BCUT2D eigenvalue weighted by atomic mass is 10.2. The summed E-state index contributed by atoms with van der Waals surface area (Å²) in [6, 6.07) is 3.00. The second kappa shape index (κ2) is 5.32. The van der Waals surface area contributed by atoms with Crippen molar-refractivity contribution in [2.45, 2.75) is 13.3 Å². The first-order valence-corrected chi connectivity index (χ1v) is 4.73. The maximum absolute atomic E-state index is 11.1. The van der Waals surface area contributed by atoms with Gasteiger partial charge in [-0.2, -0.15) is 0 Å². The Morgan fingerprint density at radius 1 is 1.67 bits per heavy atom. The highest BCUT2D eigenvalue weighted by atomic mass is 35.5. The monoisotopic (exact) mass is 224 g/mol. The van der Waals surface area contributed by atoms with Gasteiger partial charge in [0.25, 0.3) is 5.82 Å². The van der Waals surface area contributed by atoms with Crippen molar-refractivity contribution in [3.8, 4) is 0 Å². The molecule has 1 aromatic rings. The van der Waals surface area contributed by atoms with Crippen LogP contribution in [0.1, 0.15) is 12.6 Å². The fourth-order valence-corrected chi connectivity index (χ4v) is 1.27. The van der Waals surface area contributed by atoms with Gasteiger partial charge in [0.1, 0.15) is 12.1 Å². The number of nitrogens with zero attached hydrogens (tertiary/aromatic N) is 2. The van der Waals surface area contributed by atoms with Crippen molar-refractivity contribution >= 4 is 23.4 Å². The number of carbonyl (C=O) groups is 1. The number of carbonyl (C=O) groups excluding carboxylic acids is 1. The number of halogens is 1. The lowest BCUT2D eigenvalue weighted by Gasteiger charge is -1.99. The van der Waals surface area contributed by atoms with Crippen LogP contribution >= 0.6 is 11.6 Å². The topological polar surface area (TPSA) is 43.5 Å². The zero-order valence-electron chi connectivity index (χ0n) is 8.16. The minimum atomic E-state index is -0.372. The average Bonchev–Trinajstić information content (AvgIpc) is 2.17. The van der Waals surface area contributed by atoms with Crippen molar-refractivity contribution in [3.63, 3.8) is 0 Å². The molecule has 0 bridgehead atoms. The molecule has 0 aliphatic heterocycles. The van der Waals surface area contributed by atoms with Crippen LogP contribution in [0, 0.1) is 6.57 Å². The highest BCUT2D eigenvalue weighted by Gasteiger charge is 2.10. The zero-order chi connectivity index (χ0) is 11.3. The lowest BCUT2D eigenvalue weighted by molar-refractivity contribution is -0.142. The third kappa shape index (κ3) is 3.56. The summed E-state index contributed by atoms with van der Waals surface area (Å²) in [5.41, 5.74) is 0.451. The highest BCUT2D eigenvalue weighted by Crippen LogP contribution is 2.17. The predicted octanol–water partition coefficient (Wildman–Crippen LogP) is 2.39. The van der Waals surface area contributed by atoms with Gasteiger partial charge in [0.05, 0.1) is 6.61 Å². The molecule has 1 rings (SSSR count). The van der Waals surface area contributed by atoms with Crippen molar-refractivity contribution in [3.05, 3.63) is 34.3 Å². The smallest absolute Gasteiger partial charge is 0.314 e. The van der Waals surface area contributed by atoms with Crippen molar-refractivity contribution in [2.24, 2.45) is 0 Å². The molecule has 15 heavy (non-hydrogen) atoms. The van der Waals surface area contributed by atoms with E-state index >= 15 is 0 Å². The maximum atomic E-state index is 11.1. The zero-order valence-corrected chi connectivity index (χ0v) is 8.91. The van der Waals surface area contributed by atoms with E-state index in [-0.39, 0.29) is 18.2 Å². The number of ether oxygens (including phenoxy) is 1. The second-order valence-corrected chi connectivity index (χ2v) is 3.16. The van der Waals surface area contributed by atoms with Crippen LogP contribution in [0.25, 0.3) is 4.85 Å². The standard InChI is InChI=1S/C10H9ClN2O2/c1-3-15-10(14)6-8-4-7(11)5-9(12-2)13-8/h4-5H,3,6H2,1H3. The maximum Gasteiger partial charge on any atom is 0.314 e. The number of hydrogen-bond acceptors (Lipinski definition) is 3. The molecule has 0 unspecified atom stereocenters. The van der Waals surface area contributed by atoms with E-state index in [9.17, 15) is 4.79 Å². The van der Waals surface area contributed by atoms with Crippen LogP contribution < -0.4 is 0 Å². The Hall–Kier alpha value is -1.60. The second-order valence-electron chi connectivity index (χ2n) is 2.73. The van der Waals surface area contributed by atoms with Crippen LogP contribution in [-0.4, -0.2) is 17.6 Å². The lowest BCUT2D eigenvalue weighted by Crippen LogP contribution is -2.08. The van der Waals surface area contributed by atoms with E-state index in [1.807, 2.05) is 0 Å². The average molecular weight is 225 g/mol. The van der Waals surface area contributed by atoms with Crippen LogP contribution in [-0.2, 0) is 16.0 Å². The van der Waals surface area contributed by atoms with Crippen LogP contribution in [0.3, 0.4) is 0 Å². The Morgan fingerprint density at radius 3 is 3.00 bits per heavy atom. The first-order valence-electron chi connectivity index (χ1n) is 4.35. The Bertz CT molecular complexity index is 412.